The molecule has 16 heavy (non-hydrogen) atoms. The Bertz CT molecular complexity index is 252. The van der Waals surface area contributed by atoms with Crippen molar-refractivity contribution >= 4 is 5.97 Å². The smallest absolute Gasteiger partial charge is 0.304 e. The van der Waals surface area contributed by atoms with Crippen molar-refractivity contribution in [2.24, 2.45) is 5.92 Å². The third kappa shape index (κ3) is 2.57. The van der Waals surface area contributed by atoms with Gasteiger partial charge in [0.1, 0.15) is 0 Å². The minimum Gasteiger partial charge on any atom is -0.481 e. The van der Waals surface area contributed by atoms with Crippen LogP contribution in [0, 0.1) is 5.92 Å². The zero-order valence-electron chi connectivity index (χ0n) is 10.2. The van der Waals surface area contributed by atoms with Gasteiger partial charge in [-0.1, -0.05) is 12.8 Å². The summed E-state index contributed by atoms with van der Waals surface area (Å²) in [6.07, 6.45) is 8.27. The highest BCUT2D eigenvalue weighted by Crippen LogP contribution is 2.36. The lowest BCUT2D eigenvalue weighted by atomic mass is 9.77. The zero-order chi connectivity index (χ0) is 11.5. The molecule has 0 bridgehead atoms. The Morgan fingerprint density at radius 1 is 1.31 bits per heavy atom. The summed E-state index contributed by atoms with van der Waals surface area (Å²) in [6, 6.07) is 0.889. The van der Waals surface area contributed by atoms with Gasteiger partial charge in [-0.3, -0.25) is 9.69 Å². The lowest BCUT2D eigenvalue weighted by Crippen LogP contribution is -2.51. The lowest BCUT2D eigenvalue weighted by molar-refractivity contribution is -0.139. The Balaban J connectivity index is 1.98. The van der Waals surface area contributed by atoms with Gasteiger partial charge in [-0.05, 0) is 45.1 Å². The molecular weight excluding hydrogens is 202 g/mol. The summed E-state index contributed by atoms with van der Waals surface area (Å²) in [4.78, 5) is 13.3. The van der Waals surface area contributed by atoms with E-state index in [-0.39, 0.29) is 6.04 Å². The lowest BCUT2D eigenvalue weighted by Gasteiger charge is -2.46. The van der Waals surface area contributed by atoms with Crippen LogP contribution in [0.25, 0.3) is 0 Å². The van der Waals surface area contributed by atoms with E-state index in [1.54, 1.807) is 0 Å². The molecule has 2 rings (SSSR count). The quantitative estimate of drug-likeness (QED) is 0.802. The summed E-state index contributed by atoms with van der Waals surface area (Å²) in [5.41, 5.74) is 0. The van der Waals surface area contributed by atoms with Crippen molar-refractivity contribution in [1.82, 2.24) is 4.90 Å². The van der Waals surface area contributed by atoms with E-state index in [4.69, 9.17) is 5.11 Å². The van der Waals surface area contributed by atoms with Crippen LogP contribution in [0.15, 0.2) is 0 Å². The fourth-order valence-corrected chi connectivity index (χ4v) is 3.58. The van der Waals surface area contributed by atoms with E-state index in [1.165, 1.54) is 38.5 Å². The Kier molecular flexibility index (Phi) is 3.85. The maximum atomic E-state index is 10.8. The van der Waals surface area contributed by atoms with Gasteiger partial charge < -0.3 is 5.11 Å². The number of piperidine rings is 1. The number of fused-ring (bicyclic) bond motifs is 1. The molecule has 2 fully saturated rings. The van der Waals surface area contributed by atoms with E-state index in [2.05, 4.69) is 11.8 Å². The molecule has 1 saturated carbocycles. The molecule has 1 aliphatic carbocycles. The van der Waals surface area contributed by atoms with E-state index in [9.17, 15) is 4.79 Å². The first kappa shape index (κ1) is 11.9. The first-order chi connectivity index (χ1) is 7.68. The Morgan fingerprint density at radius 3 is 2.75 bits per heavy atom. The second-order valence-corrected chi connectivity index (χ2v) is 5.44. The standard InChI is InChI=1S/C13H23NO2/c1-10(9-13(15)16)14-8-4-6-11-5-2-3-7-12(11)14/h10-12H,2-9H2,1H3,(H,15,16)/t10?,11-,12-/m1/s1. The van der Waals surface area contributed by atoms with Gasteiger partial charge in [0.2, 0.25) is 0 Å². The van der Waals surface area contributed by atoms with Crippen molar-refractivity contribution in [3.05, 3.63) is 0 Å². The third-order valence-corrected chi connectivity index (χ3v) is 4.32. The number of carboxylic acids is 1. The van der Waals surface area contributed by atoms with Crippen LogP contribution in [0.3, 0.4) is 0 Å². The second kappa shape index (κ2) is 5.17. The Hall–Kier alpha value is -0.570. The Morgan fingerprint density at radius 2 is 2.00 bits per heavy atom. The molecule has 3 nitrogen and oxygen atoms in total. The summed E-state index contributed by atoms with van der Waals surface area (Å²) >= 11 is 0. The van der Waals surface area contributed by atoms with E-state index in [0.717, 1.165) is 12.5 Å². The number of carboxylic acid groups (broad SMARTS) is 1. The van der Waals surface area contributed by atoms with Crippen LogP contribution in [0.1, 0.15) is 51.9 Å². The van der Waals surface area contributed by atoms with Crippen molar-refractivity contribution in [2.75, 3.05) is 6.54 Å². The maximum Gasteiger partial charge on any atom is 0.304 e. The van der Waals surface area contributed by atoms with E-state index in [1.807, 2.05) is 0 Å². The first-order valence-corrected chi connectivity index (χ1v) is 6.66. The summed E-state index contributed by atoms with van der Waals surface area (Å²) < 4.78 is 0. The molecule has 0 radical (unpaired) electrons. The summed E-state index contributed by atoms with van der Waals surface area (Å²) in [5, 5.41) is 8.88. The normalized spacial score (nSPS) is 33.1. The Labute approximate surface area is 97.8 Å². The highest BCUT2D eigenvalue weighted by atomic mass is 16.4. The second-order valence-electron chi connectivity index (χ2n) is 5.44. The highest BCUT2D eigenvalue weighted by Gasteiger charge is 2.35. The topological polar surface area (TPSA) is 40.5 Å². The predicted octanol–water partition coefficient (Wildman–Crippen LogP) is 2.50. The van der Waals surface area contributed by atoms with Gasteiger partial charge in [0, 0.05) is 12.1 Å². The van der Waals surface area contributed by atoms with Crippen LogP contribution >= 0.6 is 0 Å². The molecule has 2 aliphatic rings. The minimum atomic E-state index is -0.662. The van der Waals surface area contributed by atoms with Gasteiger partial charge in [-0.15, -0.1) is 0 Å². The molecule has 0 amide bonds. The fraction of sp³-hybridized carbons (Fsp3) is 0.923. The largest absolute Gasteiger partial charge is 0.481 e. The zero-order valence-corrected chi connectivity index (χ0v) is 10.2. The molecule has 1 N–H and O–H groups in total. The molecule has 1 saturated heterocycles. The van der Waals surface area contributed by atoms with Gasteiger partial charge >= 0.3 is 5.97 Å². The van der Waals surface area contributed by atoms with Crippen molar-refractivity contribution in [3.8, 4) is 0 Å². The number of hydrogen-bond donors (Lipinski definition) is 1. The van der Waals surface area contributed by atoms with Gasteiger partial charge in [0.05, 0.1) is 6.42 Å². The third-order valence-electron chi connectivity index (χ3n) is 4.32. The number of likely N-dealkylation sites (tertiary alicyclic amines) is 1. The molecule has 1 aliphatic heterocycles. The van der Waals surface area contributed by atoms with Gasteiger partial charge in [-0.25, -0.2) is 0 Å². The van der Waals surface area contributed by atoms with Crippen LogP contribution in [-0.4, -0.2) is 34.6 Å². The molecule has 0 aromatic heterocycles. The number of nitrogens with zero attached hydrogens (tertiary/aromatic N) is 1. The molecule has 92 valence electrons. The van der Waals surface area contributed by atoms with Crippen molar-refractivity contribution in [3.63, 3.8) is 0 Å². The van der Waals surface area contributed by atoms with Crippen molar-refractivity contribution < 1.29 is 9.90 Å². The van der Waals surface area contributed by atoms with Crippen LogP contribution in [0.4, 0.5) is 0 Å². The van der Waals surface area contributed by atoms with Crippen molar-refractivity contribution in [1.29, 1.82) is 0 Å². The van der Waals surface area contributed by atoms with E-state index >= 15 is 0 Å². The average molecular weight is 225 g/mol. The van der Waals surface area contributed by atoms with Crippen LogP contribution < -0.4 is 0 Å². The summed E-state index contributed by atoms with van der Waals surface area (Å²) in [6.45, 7) is 3.18. The molecule has 0 aromatic carbocycles. The van der Waals surface area contributed by atoms with Crippen LogP contribution in [0.5, 0.6) is 0 Å². The van der Waals surface area contributed by atoms with E-state index in [0.29, 0.717) is 12.5 Å². The molecule has 3 atom stereocenters. The minimum absolute atomic E-state index is 0.211. The van der Waals surface area contributed by atoms with Crippen LogP contribution in [-0.2, 0) is 4.79 Å². The molecule has 3 heteroatoms. The number of aliphatic carboxylic acids is 1. The molecule has 1 unspecified atom stereocenters. The highest BCUT2D eigenvalue weighted by molar-refractivity contribution is 5.67. The monoisotopic (exact) mass is 225 g/mol. The van der Waals surface area contributed by atoms with Gasteiger partial charge in [-0.2, -0.15) is 0 Å². The molecule has 1 heterocycles. The predicted molar refractivity (Wildman–Crippen MR) is 63.4 cm³/mol. The van der Waals surface area contributed by atoms with Crippen LogP contribution in [0.2, 0.25) is 0 Å². The van der Waals surface area contributed by atoms with Gasteiger partial charge in [0.15, 0.2) is 0 Å². The summed E-state index contributed by atoms with van der Waals surface area (Å²) in [7, 11) is 0. The number of hydrogen-bond acceptors (Lipinski definition) is 2. The average Bonchev–Trinajstić information content (AvgIpc) is 2.27. The van der Waals surface area contributed by atoms with Gasteiger partial charge in [0.25, 0.3) is 0 Å². The molecular formula is C13H23NO2. The number of carbonyl (C=O) groups is 1. The SMILES string of the molecule is CC(CC(=O)O)N1CCC[C@H]2CCCC[C@H]21. The maximum absolute atomic E-state index is 10.8. The molecule has 0 aromatic rings. The number of rotatable bonds is 3. The van der Waals surface area contributed by atoms with Crippen molar-refractivity contribution in [2.45, 2.75) is 64.0 Å². The fourth-order valence-electron chi connectivity index (χ4n) is 3.58. The first-order valence-electron chi connectivity index (χ1n) is 6.66. The van der Waals surface area contributed by atoms with E-state index < -0.39 is 5.97 Å². The summed E-state index contributed by atoms with van der Waals surface area (Å²) in [5.74, 6) is 0.184. The molecule has 0 spiro atoms.